The van der Waals surface area contributed by atoms with Crippen molar-refractivity contribution in [3.8, 4) is 5.75 Å². The van der Waals surface area contributed by atoms with Gasteiger partial charge in [-0.1, -0.05) is 61.7 Å². The summed E-state index contributed by atoms with van der Waals surface area (Å²) >= 11 is 5.82. The van der Waals surface area contributed by atoms with Crippen molar-refractivity contribution in [2.24, 2.45) is 0 Å². The van der Waals surface area contributed by atoms with Gasteiger partial charge in [-0.3, -0.25) is 4.79 Å². The van der Waals surface area contributed by atoms with E-state index in [0.717, 1.165) is 19.3 Å². The number of benzene rings is 2. The summed E-state index contributed by atoms with van der Waals surface area (Å²) in [5.41, 5.74) is 1.27. The van der Waals surface area contributed by atoms with Gasteiger partial charge in [0, 0.05) is 17.5 Å². The first kappa shape index (κ1) is 18.3. The molecule has 128 valence electrons. The van der Waals surface area contributed by atoms with Crippen molar-refractivity contribution in [3.63, 3.8) is 0 Å². The lowest BCUT2D eigenvalue weighted by molar-refractivity contribution is -0.123. The van der Waals surface area contributed by atoms with Gasteiger partial charge in [0.1, 0.15) is 5.75 Å². The summed E-state index contributed by atoms with van der Waals surface area (Å²) in [4.78, 5) is 12.0. The van der Waals surface area contributed by atoms with Crippen molar-refractivity contribution < 1.29 is 9.53 Å². The topological polar surface area (TPSA) is 38.3 Å². The molecule has 0 fully saturated rings. The number of rotatable bonds is 9. The third kappa shape index (κ3) is 6.25. The lowest BCUT2D eigenvalue weighted by Gasteiger charge is -2.18. The molecule has 0 spiro atoms. The minimum absolute atomic E-state index is 0.0108. The van der Waals surface area contributed by atoms with Crippen LogP contribution in [-0.2, 0) is 4.79 Å². The molecule has 2 rings (SSSR count). The normalized spacial score (nSPS) is 11.8. The van der Waals surface area contributed by atoms with E-state index in [2.05, 4.69) is 24.4 Å². The van der Waals surface area contributed by atoms with Gasteiger partial charge in [0.2, 0.25) is 0 Å². The Bertz CT molecular complexity index is 613. The molecule has 1 amide bonds. The Morgan fingerprint density at radius 2 is 1.83 bits per heavy atom. The smallest absolute Gasteiger partial charge is 0.257 e. The van der Waals surface area contributed by atoms with Crippen LogP contribution in [0.15, 0.2) is 54.6 Å². The second kappa shape index (κ2) is 9.99. The van der Waals surface area contributed by atoms with Crippen molar-refractivity contribution in [1.29, 1.82) is 0 Å². The van der Waals surface area contributed by atoms with Gasteiger partial charge < -0.3 is 10.1 Å². The minimum Gasteiger partial charge on any atom is -0.484 e. The van der Waals surface area contributed by atoms with E-state index in [1.54, 1.807) is 24.3 Å². The molecule has 0 saturated heterocycles. The van der Waals surface area contributed by atoms with Crippen LogP contribution in [0.25, 0.3) is 0 Å². The minimum atomic E-state index is -0.109. The molecule has 0 aliphatic carbocycles. The number of hydrogen-bond donors (Lipinski definition) is 1. The predicted molar refractivity (Wildman–Crippen MR) is 98.7 cm³/mol. The fourth-order valence-electron chi connectivity index (χ4n) is 2.53. The Morgan fingerprint density at radius 1 is 1.12 bits per heavy atom. The van der Waals surface area contributed by atoms with Crippen molar-refractivity contribution in [1.82, 2.24) is 5.32 Å². The van der Waals surface area contributed by atoms with Crippen molar-refractivity contribution in [2.75, 3.05) is 13.2 Å². The highest BCUT2D eigenvalue weighted by Gasteiger charge is 2.12. The Balaban J connectivity index is 1.82. The Labute approximate surface area is 149 Å². The molecule has 0 aliphatic rings. The molecule has 1 atom stereocenters. The van der Waals surface area contributed by atoms with Gasteiger partial charge in [-0.15, -0.1) is 0 Å². The highest BCUT2D eigenvalue weighted by Crippen LogP contribution is 2.21. The molecule has 3 nitrogen and oxygen atoms in total. The highest BCUT2D eigenvalue weighted by molar-refractivity contribution is 6.30. The van der Waals surface area contributed by atoms with Gasteiger partial charge >= 0.3 is 0 Å². The van der Waals surface area contributed by atoms with Crippen molar-refractivity contribution in [2.45, 2.75) is 32.1 Å². The van der Waals surface area contributed by atoms with E-state index in [9.17, 15) is 4.79 Å². The van der Waals surface area contributed by atoms with Crippen LogP contribution in [0.5, 0.6) is 5.75 Å². The van der Waals surface area contributed by atoms with Crippen LogP contribution in [0.2, 0.25) is 5.02 Å². The summed E-state index contributed by atoms with van der Waals surface area (Å²) in [6.45, 7) is 2.82. The second-order valence-corrected chi connectivity index (χ2v) is 6.23. The van der Waals surface area contributed by atoms with Gasteiger partial charge in [-0.05, 0) is 36.2 Å². The molecule has 0 saturated carbocycles. The number of halogens is 1. The molecule has 24 heavy (non-hydrogen) atoms. The Morgan fingerprint density at radius 3 is 2.50 bits per heavy atom. The second-order valence-electron chi connectivity index (χ2n) is 5.80. The molecule has 1 unspecified atom stereocenters. The van der Waals surface area contributed by atoms with Crippen LogP contribution in [0.1, 0.15) is 37.7 Å². The number of amides is 1. The fourth-order valence-corrected chi connectivity index (χ4v) is 2.66. The monoisotopic (exact) mass is 345 g/mol. The van der Waals surface area contributed by atoms with Gasteiger partial charge in [-0.2, -0.15) is 0 Å². The standard InChI is InChI=1S/C20H24ClNO2/c1-2-3-7-17(16-8-5-4-6-9-16)14-22-20(23)15-24-19-12-10-18(21)11-13-19/h4-6,8-13,17H,2-3,7,14-15H2,1H3,(H,22,23). The number of hydrogen-bond acceptors (Lipinski definition) is 2. The average molecular weight is 346 g/mol. The van der Waals surface area contributed by atoms with Crippen LogP contribution >= 0.6 is 11.6 Å². The Hall–Kier alpha value is -2.00. The summed E-state index contributed by atoms with van der Waals surface area (Å²) in [5, 5.41) is 3.63. The number of carbonyl (C=O) groups excluding carboxylic acids is 1. The van der Waals surface area contributed by atoms with E-state index in [-0.39, 0.29) is 12.5 Å². The summed E-state index contributed by atoms with van der Waals surface area (Å²) in [5.74, 6) is 0.869. The molecule has 1 N–H and O–H groups in total. The first-order chi connectivity index (χ1) is 11.7. The molecular weight excluding hydrogens is 322 g/mol. The Kier molecular flexibility index (Phi) is 7.63. The summed E-state index contributed by atoms with van der Waals surface area (Å²) < 4.78 is 5.47. The molecule has 0 radical (unpaired) electrons. The summed E-state index contributed by atoms with van der Waals surface area (Å²) in [6, 6.07) is 17.3. The maximum absolute atomic E-state index is 12.0. The van der Waals surface area contributed by atoms with E-state index < -0.39 is 0 Å². The zero-order valence-electron chi connectivity index (χ0n) is 14.0. The SMILES string of the molecule is CCCCC(CNC(=O)COc1ccc(Cl)cc1)c1ccccc1. The highest BCUT2D eigenvalue weighted by atomic mass is 35.5. The van der Waals surface area contributed by atoms with Gasteiger partial charge in [0.25, 0.3) is 5.91 Å². The van der Waals surface area contributed by atoms with Crippen LogP contribution < -0.4 is 10.1 Å². The average Bonchev–Trinajstić information content (AvgIpc) is 2.62. The number of carbonyl (C=O) groups is 1. The van der Waals surface area contributed by atoms with Crippen LogP contribution in [0.4, 0.5) is 0 Å². The van der Waals surface area contributed by atoms with Crippen molar-refractivity contribution in [3.05, 3.63) is 65.2 Å². The van der Waals surface area contributed by atoms with E-state index in [0.29, 0.717) is 23.2 Å². The zero-order valence-corrected chi connectivity index (χ0v) is 14.8. The van der Waals surface area contributed by atoms with E-state index in [1.165, 1.54) is 5.56 Å². The van der Waals surface area contributed by atoms with E-state index in [4.69, 9.17) is 16.3 Å². The number of unbranched alkanes of at least 4 members (excludes halogenated alkanes) is 1. The molecule has 0 bridgehead atoms. The predicted octanol–water partition coefficient (Wildman–Crippen LogP) is 4.81. The molecule has 2 aromatic carbocycles. The molecular formula is C20H24ClNO2. The zero-order chi connectivity index (χ0) is 17.2. The van der Waals surface area contributed by atoms with E-state index >= 15 is 0 Å². The van der Waals surface area contributed by atoms with Crippen molar-refractivity contribution >= 4 is 17.5 Å². The lowest BCUT2D eigenvalue weighted by Crippen LogP contribution is -2.32. The maximum atomic E-state index is 12.0. The summed E-state index contributed by atoms with van der Waals surface area (Å²) in [6.07, 6.45) is 3.37. The quantitative estimate of drug-likeness (QED) is 0.708. The van der Waals surface area contributed by atoms with E-state index in [1.807, 2.05) is 18.2 Å². The largest absolute Gasteiger partial charge is 0.484 e. The molecule has 0 aliphatic heterocycles. The van der Waals surface area contributed by atoms with Gasteiger partial charge in [0.15, 0.2) is 6.61 Å². The number of ether oxygens (including phenoxy) is 1. The molecule has 0 aromatic heterocycles. The third-order valence-electron chi connectivity index (χ3n) is 3.91. The molecule has 0 heterocycles. The third-order valence-corrected chi connectivity index (χ3v) is 4.16. The first-order valence-corrected chi connectivity index (χ1v) is 8.77. The van der Waals surface area contributed by atoms with Gasteiger partial charge in [0.05, 0.1) is 0 Å². The molecule has 4 heteroatoms. The van der Waals surface area contributed by atoms with Crippen LogP contribution in [-0.4, -0.2) is 19.1 Å². The van der Waals surface area contributed by atoms with Crippen LogP contribution in [0.3, 0.4) is 0 Å². The summed E-state index contributed by atoms with van der Waals surface area (Å²) in [7, 11) is 0. The first-order valence-electron chi connectivity index (χ1n) is 8.39. The van der Waals surface area contributed by atoms with Crippen LogP contribution in [0, 0.1) is 0 Å². The molecule has 2 aromatic rings. The van der Waals surface area contributed by atoms with Gasteiger partial charge in [-0.25, -0.2) is 0 Å². The number of nitrogens with one attached hydrogen (secondary N) is 1. The maximum Gasteiger partial charge on any atom is 0.257 e. The lowest BCUT2D eigenvalue weighted by atomic mass is 9.93. The fraction of sp³-hybridized carbons (Fsp3) is 0.350.